The summed E-state index contributed by atoms with van der Waals surface area (Å²) in [4.78, 5) is 135. The van der Waals surface area contributed by atoms with E-state index in [0.29, 0.717) is 106 Å². The lowest BCUT2D eigenvalue weighted by Gasteiger charge is -2.35. The molecule has 31 heteroatoms. The number of amides is 6. The number of thioether (sulfide) groups is 1. The fourth-order valence-electron chi connectivity index (χ4n) is 11.2. The predicted octanol–water partition coefficient (Wildman–Crippen LogP) is 0.844. The molecular weight excluding hydrogens is 1260 g/mol. The fraction of sp³-hybridized carbons (Fsp3) is 0.594. The number of alkyl halides is 2. The van der Waals surface area contributed by atoms with E-state index in [1.54, 1.807) is 55.7 Å². The van der Waals surface area contributed by atoms with E-state index < -0.39 is 91.1 Å². The van der Waals surface area contributed by atoms with Crippen LogP contribution in [0, 0.1) is 18.3 Å². The third-order valence-electron chi connectivity index (χ3n) is 16.4. The van der Waals surface area contributed by atoms with Crippen molar-refractivity contribution < 1.29 is 77.1 Å². The number of hydrogen-bond donors (Lipinski definition) is 8. The van der Waals surface area contributed by atoms with Crippen molar-refractivity contribution in [3.05, 3.63) is 71.4 Å². The number of carboxylic acid groups (broad SMARTS) is 3. The number of aliphatic carboxylic acids is 3. The van der Waals surface area contributed by atoms with Crippen LogP contribution in [0.2, 0.25) is 0 Å². The summed E-state index contributed by atoms with van der Waals surface area (Å²) in [5.74, 6) is -8.11. The van der Waals surface area contributed by atoms with Crippen LogP contribution >= 0.6 is 11.8 Å². The van der Waals surface area contributed by atoms with Gasteiger partial charge in [0.15, 0.2) is 0 Å². The lowest BCUT2D eigenvalue weighted by atomic mass is 10.1. The second kappa shape index (κ2) is 39.1. The van der Waals surface area contributed by atoms with Crippen molar-refractivity contribution in [1.82, 2.24) is 60.6 Å². The molecule has 520 valence electrons. The van der Waals surface area contributed by atoms with Crippen molar-refractivity contribution >= 4 is 81.9 Å². The summed E-state index contributed by atoms with van der Waals surface area (Å²) in [6, 6.07) is 14.1. The van der Waals surface area contributed by atoms with Gasteiger partial charge in [0.05, 0.1) is 68.9 Å². The van der Waals surface area contributed by atoms with Gasteiger partial charge in [-0.1, -0.05) is 29.8 Å². The number of aromatic nitrogens is 1. The summed E-state index contributed by atoms with van der Waals surface area (Å²) in [6.45, 7) is 5.95. The molecule has 0 unspecified atom stereocenters. The first kappa shape index (κ1) is 76.0. The molecule has 0 radical (unpaired) electrons. The van der Waals surface area contributed by atoms with Crippen LogP contribution in [0.3, 0.4) is 0 Å². The summed E-state index contributed by atoms with van der Waals surface area (Å²) in [5.41, 5.74) is 2.98. The van der Waals surface area contributed by atoms with E-state index in [2.05, 4.69) is 36.1 Å². The van der Waals surface area contributed by atoms with Gasteiger partial charge >= 0.3 is 17.9 Å². The van der Waals surface area contributed by atoms with E-state index >= 15 is 0 Å². The molecule has 0 aliphatic carbocycles. The number of hydrogen-bond acceptors (Lipinski definition) is 20. The minimum absolute atomic E-state index is 0.0628. The number of carbonyl (C=O) groups is 9. The fourth-order valence-corrected chi connectivity index (χ4v) is 12.0. The molecule has 8 N–H and O–H groups in total. The quantitative estimate of drug-likeness (QED) is 0.0238. The predicted molar refractivity (Wildman–Crippen MR) is 349 cm³/mol. The second-order valence-corrected chi connectivity index (χ2v) is 25.1. The number of aryl methyl sites for hydroxylation is 2. The van der Waals surface area contributed by atoms with Gasteiger partial charge in [0, 0.05) is 134 Å². The van der Waals surface area contributed by atoms with Crippen molar-refractivity contribution in [2.45, 2.75) is 89.3 Å². The first-order chi connectivity index (χ1) is 45.4. The van der Waals surface area contributed by atoms with Gasteiger partial charge in [-0.2, -0.15) is 17.0 Å². The van der Waals surface area contributed by atoms with Gasteiger partial charge in [0.2, 0.25) is 23.6 Å². The number of ether oxygens (including phenoxy) is 1. The standard InChI is InChI=1S/C64H90F2N14O14S/c1-45-10-12-47(13-11-45)7-5-9-55(82)72-46(2)68-17-4-3-8-53(73-56(83)39-75-21-23-76(40-58(85)86)25-27-78(42-60(89)90)28-26-77(24-22-75)41-59(87)88)62(92)70-19-34-95-43-54(81)63(93)79-31-29-74(30-32-79)20-6-33-94-49-14-15-52-51(35-49)50(16-18-69-52)61(91)71-38-57(84)80-44-64(65,66)36-48(80)37-67/h10-16,18,35,48,53-54,81H,3-9,17,19-34,36,38-44H2,1-2H3,(H,70,92)(H,71,91)(H,73,83)(H,85,86)(H,87,88)(H,89,90)(H,68,72,82)/t48-,53+,54-/m1/s1. The molecule has 3 aliphatic heterocycles. The molecule has 3 fully saturated rings. The average Bonchev–Trinajstić information content (AvgIpc) is 1.73. The van der Waals surface area contributed by atoms with Crippen LogP contribution in [0.5, 0.6) is 5.75 Å². The molecule has 3 aliphatic rings. The molecule has 2 aromatic carbocycles. The Bertz CT molecular complexity index is 3120. The normalized spacial score (nSPS) is 17.9. The molecule has 95 heavy (non-hydrogen) atoms. The molecule has 0 bridgehead atoms. The van der Waals surface area contributed by atoms with Crippen LogP contribution in [0.15, 0.2) is 59.7 Å². The van der Waals surface area contributed by atoms with Crippen LogP contribution in [0.4, 0.5) is 8.78 Å². The molecule has 6 amide bonds. The van der Waals surface area contributed by atoms with Crippen molar-refractivity contribution in [2.75, 3.05) is 156 Å². The Balaban J connectivity index is 0.946. The lowest BCUT2D eigenvalue weighted by Crippen LogP contribution is -2.52. The van der Waals surface area contributed by atoms with E-state index in [0.717, 1.165) is 22.4 Å². The highest BCUT2D eigenvalue weighted by Crippen LogP contribution is 2.32. The van der Waals surface area contributed by atoms with Gasteiger partial charge in [-0.15, -0.1) is 0 Å². The molecule has 28 nitrogen and oxygen atoms in total. The first-order valence-electron chi connectivity index (χ1n) is 32.1. The van der Waals surface area contributed by atoms with Gasteiger partial charge in [-0.05, 0) is 82.2 Å². The minimum Gasteiger partial charge on any atom is -0.494 e. The number of nitriles is 1. The number of carboxylic acids is 3. The van der Waals surface area contributed by atoms with E-state index in [-0.39, 0.29) is 109 Å². The summed E-state index contributed by atoms with van der Waals surface area (Å²) in [5, 5.41) is 60.6. The maximum absolute atomic E-state index is 13.9. The van der Waals surface area contributed by atoms with Crippen LogP contribution in [0.1, 0.15) is 73.4 Å². The number of aliphatic hydroxyl groups excluding tert-OH is 1. The Hall–Kier alpha value is -7.99. The zero-order valence-electron chi connectivity index (χ0n) is 54.1. The highest BCUT2D eigenvalue weighted by Gasteiger charge is 2.47. The number of amidine groups is 1. The molecule has 0 spiro atoms. The number of fused-ring (bicyclic) bond motifs is 1. The van der Waals surface area contributed by atoms with Crippen LogP contribution in [-0.4, -0.2) is 299 Å². The van der Waals surface area contributed by atoms with Gasteiger partial charge in [0.1, 0.15) is 23.9 Å². The Morgan fingerprint density at radius 3 is 1.99 bits per heavy atom. The molecule has 1 aromatic heterocycles. The van der Waals surface area contributed by atoms with Crippen LogP contribution < -0.4 is 26.0 Å². The second-order valence-electron chi connectivity index (χ2n) is 24.0. The third-order valence-corrected chi connectivity index (χ3v) is 17.4. The Morgan fingerprint density at radius 1 is 0.768 bits per heavy atom. The van der Waals surface area contributed by atoms with E-state index in [1.165, 1.54) is 24.0 Å². The molecule has 3 aromatic rings. The number of aliphatic imine (C=N–C) groups is 1. The van der Waals surface area contributed by atoms with Crippen molar-refractivity contribution in [3.63, 3.8) is 0 Å². The van der Waals surface area contributed by atoms with Crippen LogP contribution in [-0.2, 0) is 44.8 Å². The number of benzene rings is 2. The minimum atomic E-state index is -3.19. The number of unbranched alkanes of at least 4 members (excludes halogenated alkanes) is 1. The number of pyridine rings is 1. The number of piperazine rings is 1. The van der Waals surface area contributed by atoms with Crippen molar-refractivity contribution in [1.29, 1.82) is 5.26 Å². The monoisotopic (exact) mass is 1350 g/mol. The maximum Gasteiger partial charge on any atom is 0.317 e. The topological polar surface area (TPSA) is 364 Å². The van der Waals surface area contributed by atoms with Gasteiger partial charge in [0.25, 0.3) is 17.7 Å². The Morgan fingerprint density at radius 2 is 1.38 bits per heavy atom. The molecule has 3 saturated heterocycles. The Kier molecular flexibility index (Phi) is 31.3. The van der Waals surface area contributed by atoms with Gasteiger partial charge in [-0.3, -0.25) is 77.6 Å². The van der Waals surface area contributed by atoms with E-state index in [1.807, 2.05) is 31.2 Å². The van der Waals surface area contributed by atoms with Crippen molar-refractivity contribution in [2.24, 2.45) is 4.99 Å². The zero-order valence-corrected chi connectivity index (χ0v) is 54.9. The Labute approximate surface area is 555 Å². The maximum atomic E-state index is 13.9. The summed E-state index contributed by atoms with van der Waals surface area (Å²) >= 11 is 1.27. The van der Waals surface area contributed by atoms with Crippen LogP contribution in [0.25, 0.3) is 10.9 Å². The number of carbonyl (C=O) groups excluding carboxylic acids is 6. The zero-order chi connectivity index (χ0) is 68.9. The number of nitrogens with one attached hydrogen (secondary N) is 4. The molecule has 0 saturated carbocycles. The number of rotatable bonds is 33. The molecule has 4 heterocycles. The lowest BCUT2D eigenvalue weighted by molar-refractivity contribution is -0.141. The SMILES string of the molecule is C/C(=N\CCCC[C@H](NC(=O)CN1CCN(CC(=O)O)CCN(CC(=O)O)CCN(CC(=O)O)CC1)C(=O)NCCSC[C@@H](O)C(=O)N1CCN(CCCOc2ccc3nccc(C(=O)NCC(=O)N4CC(F)(F)C[C@@H]4C#N)c3c2)CC1)NC(=O)CCCc1ccc(C)cc1. The number of halogens is 2. The van der Waals surface area contributed by atoms with Crippen molar-refractivity contribution in [3.8, 4) is 11.8 Å². The smallest absolute Gasteiger partial charge is 0.317 e. The number of aliphatic hydroxyl groups is 1. The molecule has 3 atom stereocenters. The number of likely N-dealkylation sites (tertiary alicyclic amines) is 1. The van der Waals surface area contributed by atoms with E-state index in [4.69, 9.17) is 4.74 Å². The van der Waals surface area contributed by atoms with Gasteiger partial charge in [-0.25, -0.2) is 8.78 Å². The molecular formula is C64H90F2N14O14S. The molecule has 6 rings (SSSR count). The highest BCUT2D eigenvalue weighted by molar-refractivity contribution is 7.99. The van der Waals surface area contributed by atoms with E-state index in [9.17, 15) is 77.6 Å². The first-order valence-corrected chi connectivity index (χ1v) is 33.2. The van der Waals surface area contributed by atoms with Gasteiger partial charge < -0.3 is 56.2 Å². The summed E-state index contributed by atoms with van der Waals surface area (Å²) < 4.78 is 33.9. The number of nitrogens with zero attached hydrogens (tertiary/aromatic N) is 10. The summed E-state index contributed by atoms with van der Waals surface area (Å²) in [7, 11) is 0. The third kappa shape index (κ3) is 27.3. The largest absolute Gasteiger partial charge is 0.494 e. The summed E-state index contributed by atoms with van der Waals surface area (Å²) in [6.07, 6.45) is 2.94. The average molecular weight is 1350 g/mol. The highest BCUT2D eigenvalue weighted by atomic mass is 32.2.